The second-order valence-corrected chi connectivity index (χ2v) is 5.66. The van der Waals surface area contributed by atoms with E-state index in [1.807, 2.05) is 6.92 Å². The molecule has 2 aromatic rings. The molecular weight excluding hydrogens is 315 g/mol. The third kappa shape index (κ3) is 3.54. The molecule has 2 aromatic carbocycles. The van der Waals surface area contributed by atoms with Crippen LogP contribution in [-0.4, -0.2) is 6.54 Å². The number of halogens is 4. The van der Waals surface area contributed by atoms with E-state index >= 15 is 0 Å². The lowest BCUT2D eigenvalue weighted by Crippen LogP contribution is -2.24. The zero-order valence-electron chi connectivity index (χ0n) is 11.7. The summed E-state index contributed by atoms with van der Waals surface area (Å²) in [6.45, 7) is 4.01. The number of hydrogen-bond acceptors (Lipinski definition) is 1. The van der Waals surface area contributed by atoms with E-state index in [1.165, 1.54) is 12.1 Å². The second kappa shape index (κ2) is 6.73. The molecule has 1 unspecified atom stereocenters. The SMILES string of the molecule is CCNC(c1cc(Cl)cc(Cl)c1)c1c(F)ccc(C)c1F. The van der Waals surface area contributed by atoms with Crippen molar-refractivity contribution in [1.82, 2.24) is 5.32 Å². The van der Waals surface area contributed by atoms with E-state index in [1.54, 1.807) is 25.1 Å². The predicted molar refractivity (Wildman–Crippen MR) is 83.1 cm³/mol. The van der Waals surface area contributed by atoms with Gasteiger partial charge in [-0.3, -0.25) is 0 Å². The Kier molecular flexibility index (Phi) is 5.20. The van der Waals surface area contributed by atoms with Gasteiger partial charge in [0.05, 0.1) is 6.04 Å². The largest absolute Gasteiger partial charge is 0.306 e. The van der Waals surface area contributed by atoms with Crippen molar-refractivity contribution in [2.75, 3.05) is 6.54 Å². The summed E-state index contributed by atoms with van der Waals surface area (Å²) in [6.07, 6.45) is 0. The predicted octanol–water partition coefficient (Wildman–Crippen LogP) is 5.28. The molecule has 0 aliphatic carbocycles. The van der Waals surface area contributed by atoms with Gasteiger partial charge in [-0.25, -0.2) is 8.78 Å². The Morgan fingerprint density at radius 1 is 1.10 bits per heavy atom. The van der Waals surface area contributed by atoms with Crippen LogP contribution in [0.25, 0.3) is 0 Å². The number of rotatable bonds is 4. The van der Waals surface area contributed by atoms with Crippen LogP contribution in [0.4, 0.5) is 8.78 Å². The summed E-state index contributed by atoms with van der Waals surface area (Å²) in [6, 6.07) is 6.93. The van der Waals surface area contributed by atoms with Gasteiger partial charge >= 0.3 is 0 Å². The molecule has 0 saturated carbocycles. The van der Waals surface area contributed by atoms with Crippen LogP contribution < -0.4 is 5.32 Å². The van der Waals surface area contributed by atoms with Crippen molar-refractivity contribution in [1.29, 1.82) is 0 Å². The summed E-state index contributed by atoms with van der Waals surface area (Å²) in [5.41, 5.74) is 0.996. The normalized spacial score (nSPS) is 12.5. The Bertz CT molecular complexity index is 639. The van der Waals surface area contributed by atoms with E-state index in [2.05, 4.69) is 5.32 Å². The molecule has 1 N–H and O–H groups in total. The lowest BCUT2D eigenvalue weighted by molar-refractivity contribution is 0.506. The Morgan fingerprint density at radius 3 is 2.29 bits per heavy atom. The van der Waals surface area contributed by atoms with Crippen LogP contribution in [0.15, 0.2) is 30.3 Å². The average Bonchev–Trinajstić information content (AvgIpc) is 2.41. The number of hydrogen-bond donors (Lipinski definition) is 1. The monoisotopic (exact) mass is 329 g/mol. The molecule has 112 valence electrons. The van der Waals surface area contributed by atoms with Gasteiger partial charge < -0.3 is 5.32 Å². The van der Waals surface area contributed by atoms with Crippen LogP contribution in [0.3, 0.4) is 0 Å². The molecule has 0 spiro atoms. The molecule has 21 heavy (non-hydrogen) atoms. The molecule has 1 nitrogen and oxygen atoms in total. The van der Waals surface area contributed by atoms with E-state index in [-0.39, 0.29) is 5.56 Å². The van der Waals surface area contributed by atoms with Gasteiger partial charge in [-0.15, -0.1) is 0 Å². The lowest BCUT2D eigenvalue weighted by atomic mass is 9.96. The third-order valence-corrected chi connectivity index (χ3v) is 3.67. The first kappa shape index (κ1) is 16.2. The highest BCUT2D eigenvalue weighted by Crippen LogP contribution is 2.31. The van der Waals surface area contributed by atoms with Crippen molar-refractivity contribution in [2.45, 2.75) is 19.9 Å². The van der Waals surface area contributed by atoms with Crippen molar-refractivity contribution < 1.29 is 8.78 Å². The minimum atomic E-state index is -0.647. The first-order valence-corrected chi connectivity index (χ1v) is 7.33. The van der Waals surface area contributed by atoms with E-state index in [4.69, 9.17) is 23.2 Å². The zero-order chi connectivity index (χ0) is 15.6. The Hall–Kier alpha value is -1.16. The molecule has 0 amide bonds. The Labute approximate surface area is 132 Å². The molecule has 1 atom stereocenters. The molecule has 2 rings (SSSR count). The fourth-order valence-corrected chi connectivity index (χ4v) is 2.82. The van der Waals surface area contributed by atoms with Gasteiger partial charge in [-0.05, 0) is 48.9 Å². The van der Waals surface area contributed by atoms with E-state index in [9.17, 15) is 8.78 Å². The van der Waals surface area contributed by atoms with E-state index < -0.39 is 17.7 Å². The van der Waals surface area contributed by atoms with Crippen molar-refractivity contribution in [3.63, 3.8) is 0 Å². The van der Waals surface area contributed by atoms with Crippen molar-refractivity contribution in [3.05, 3.63) is 68.7 Å². The van der Waals surface area contributed by atoms with Gasteiger partial charge in [0.2, 0.25) is 0 Å². The molecule has 0 fully saturated rings. The summed E-state index contributed by atoms with van der Waals surface area (Å²) >= 11 is 12.0. The molecule has 0 aliphatic heterocycles. The summed E-state index contributed by atoms with van der Waals surface area (Å²) < 4.78 is 28.5. The van der Waals surface area contributed by atoms with Crippen molar-refractivity contribution in [3.8, 4) is 0 Å². The van der Waals surface area contributed by atoms with Crippen LogP contribution in [0.1, 0.15) is 29.7 Å². The Morgan fingerprint density at radius 2 is 1.71 bits per heavy atom. The Balaban J connectivity index is 2.61. The van der Waals surface area contributed by atoms with Crippen LogP contribution in [0.2, 0.25) is 10.0 Å². The standard InChI is InChI=1S/C16H15Cl2F2N/c1-3-21-16(10-6-11(17)8-12(18)7-10)14-13(19)5-4-9(2)15(14)20/h4-8,16,21H,3H2,1-2H3. The van der Waals surface area contributed by atoms with Gasteiger partial charge in [-0.2, -0.15) is 0 Å². The highest BCUT2D eigenvalue weighted by atomic mass is 35.5. The first-order valence-electron chi connectivity index (χ1n) is 6.58. The molecule has 0 bridgehead atoms. The van der Waals surface area contributed by atoms with Gasteiger partial charge in [-0.1, -0.05) is 36.2 Å². The zero-order valence-corrected chi connectivity index (χ0v) is 13.2. The summed E-state index contributed by atoms with van der Waals surface area (Å²) in [5.74, 6) is -1.16. The highest BCUT2D eigenvalue weighted by Gasteiger charge is 2.23. The summed E-state index contributed by atoms with van der Waals surface area (Å²) in [7, 11) is 0. The topological polar surface area (TPSA) is 12.0 Å². The van der Waals surface area contributed by atoms with Crippen LogP contribution in [0.5, 0.6) is 0 Å². The quantitative estimate of drug-likeness (QED) is 0.804. The molecule has 0 heterocycles. The smallest absolute Gasteiger partial charge is 0.134 e. The summed E-state index contributed by atoms with van der Waals surface area (Å²) in [4.78, 5) is 0. The fraction of sp³-hybridized carbons (Fsp3) is 0.250. The first-order chi connectivity index (χ1) is 9.93. The third-order valence-electron chi connectivity index (χ3n) is 3.23. The van der Waals surface area contributed by atoms with Gasteiger partial charge in [0, 0.05) is 15.6 Å². The van der Waals surface area contributed by atoms with Gasteiger partial charge in [0.15, 0.2) is 0 Å². The number of aryl methyl sites for hydroxylation is 1. The van der Waals surface area contributed by atoms with Crippen LogP contribution >= 0.6 is 23.2 Å². The van der Waals surface area contributed by atoms with E-state index in [0.29, 0.717) is 27.7 Å². The molecule has 0 aliphatic rings. The maximum atomic E-state index is 14.4. The number of benzene rings is 2. The molecule has 0 aromatic heterocycles. The maximum Gasteiger partial charge on any atom is 0.134 e. The molecule has 0 radical (unpaired) electrons. The van der Waals surface area contributed by atoms with Gasteiger partial charge in [0.1, 0.15) is 11.6 Å². The fourth-order valence-electron chi connectivity index (χ4n) is 2.28. The van der Waals surface area contributed by atoms with Crippen molar-refractivity contribution >= 4 is 23.2 Å². The van der Waals surface area contributed by atoms with Crippen molar-refractivity contribution in [2.24, 2.45) is 0 Å². The maximum absolute atomic E-state index is 14.4. The van der Waals surface area contributed by atoms with Crippen LogP contribution in [-0.2, 0) is 0 Å². The summed E-state index contributed by atoms with van der Waals surface area (Å²) in [5, 5.41) is 3.93. The molecular formula is C16H15Cl2F2N. The molecule has 5 heteroatoms. The highest BCUT2D eigenvalue weighted by molar-refractivity contribution is 6.34. The molecule has 0 saturated heterocycles. The minimum Gasteiger partial charge on any atom is -0.306 e. The lowest BCUT2D eigenvalue weighted by Gasteiger charge is -2.21. The second-order valence-electron chi connectivity index (χ2n) is 4.79. The average molecular weight is 330 g/mol. The van der Waals surface area contributed by atoms with Crippen LogP contribution in [0, 0.1) is 18.6 Å². The minimum absolute atomic E-state index is 0.0183. The van der Waals surface area contributed by atoms with Gasteiger partial charge in [0.25, 0.3) is 0 Å². The van der Waals surface area contributed by atoms with E-state index in [0.717, 1.165) is 0 Å². The number of nitrogens with one attached hydrogen (secondary N) is 1.